The second kappa shape index (κ2) is 39.1. The Morgan fingerprint density at radius 2 is 1.06 bits per heavy atom. The molecule has 66 heavy (non-hydrogen) atoms. The molecule has 0 bridgehead atoms. The number of halogens is 1. The van der Waals surface area contributed by atoms with Gasteiger partial charge < -0.3 is 38.8 Å². The van der Waals surface area contributed by atoms with E-state index in [2.05, 4.69) is 46.5 Å². The quantitative estimate of drug-likeness (QED) is 0.0260. The van der Waals surface area contributed by atoms with Gasteiger partial charge in [-0.2, -0.15) is 10.1 Å². The third kappa shape index (κ3) is 37.1. The molecule has 18 nitrogen and oxygen atoms in total. The lowest BCUT2D eigenvalue weighted by Gasteiger charge is -2.19. The minimum atomic E-state index is -0.641. The second-order valence-electron chi connectivity index (χ2n) is 14.8. The molecule has 2 rings (SSSR count). The Morgan fingerprint density at radius 1 is 0.636 bits per heavy atom. The summed E-state index contributed by atoms with van der Waals surface area (Å²) in [5.74, 6) is 4.54. The molecular weight excluding hydrogens is 872 g/mol. The highest BCUT2D eigenvalue weighted by Crippen LogP contribution is 2.07. The molecule has 0 aliphatic carbocycles. The number of nitrogens with two attached hydrogens (primary N) is 1. The number of esters is 2. The van der Waals surface area contributed by atoms with E-state index in [9.17, 15) is 24.0 Å². The number of rotatable bonds is 21. The predicted octanol–water partition coefficient (Wildman–Crippen LogP) is 6.53. The minimum Gasteiger partial charge on any atom is -0.460 e. The second-order valence-corrected chi connectivity index (χ2v) is 14.8. The van der Waals surface area contributed by atoms with Crippen LogP contribution >= 0.6 is 12.4 Å². The topological polar surface area (TPSA) is 207 Å². The fourth-order valence-corrected chi connectivity index (χ4v) is 4.02. The van der Waals surface area contributed by atoms with Crippen LogP contribution in [0.1, 0.15) is 45.7 Å². The summed E-state index contributed by atoms with van der Waals surface area (Å²) in [6.07, 6.45) is 4.39. The molecule has 0 saturated heterocycles. The van der Waals surface area contributed by atoms with E-state index in [4.69, 9.17) is 24.8 Å². The van der Waals surface area contributed by atoms with Crippen molar-refractivity contribution in [1.29, 1.82) is 0 Å². The maximum atomic E-state index is 12.0. The van der Waals surface area contributed by atoms with E-state index in [1.165, 1.54) is 29.3 Å². The van der Waals surface area contributed by atoms with Crippen LogP contribution in [0.2, 0.25) is 0 Å². The van der Waals surface area contributed by atoms with Crippen molar-refractivity contribution in [2.24, 2.45) is 15.9 Å². The van der Waals surface area contributed by atoms with E-state index in [1.54, 1.807) is 20.8 Å². The fourth-order valence-electron chi connectivity index (χ4n) is 4.02. The summed E-state index contributed by atoms with van der Waals surface area (Å²) in [5.41, 5.74) is 3.01. The van der Waals surface area contributed by atoms with Crippen LogP contribution in [0.5, 0.6) is 0 Å². The van der Waals surface area contributed by atoms with Gasteiger partial charge in [-0.15, -0.1) is 12.4 Å². The molecule has 0 atom stereocenters. The van der Waals surface area contributed by atoms with Crippen molar-refractivity contribution in [1.82, 2.24) is 25.1 Å². The van der Waals surface area contributed by atoms with E-state index in [0.29, 0.717) is 26.2 Å². The number of aliphatic imine (C=N–C) groups is 1. The average molecular weight is 946 g/mol. The monoisotopic (exact) mass is 945 g/mol. The summed E-state index contributed by atoms with van der Waals surface area (Å²) in [7, 11) is 7.70. The Kier molecular flexibility index (Phi) is 37.8. The number of hydrogen-bond donors (Lipinski definition) is 2. The maximum absolute atomic E-state index is 12.0. The number of alkyl carbamates (subject to hydrolysis) is 1. The number of ether oxygens (including phenoxy) is 5. The summed E-state index contributed by atoms with van der Waals surface area (Å²) in [5, 5.41) is 9.06. The van der Waals surface area contributed by atoms with Gasteiger partial charge in [-0.3, -0.25) is 14.6 Å². The number of nitrogens with zero attached hydrogens (tertiary/aromatic N) is 6. The van der Waals surface area contributed by atoms with Crippen LogP contribution < -0.4 is 11.2 Å². The van der Waals surface area contributed by atoms with Gasteiger partial charge in [-0.25, -0.2) is 25.2 Å². The molecule has 19 heteroatoms. The first-order valence-electron chi connectivity index (χ1n) is 20.5. The maximum Gasteiger partial charge on any atom is 0.430 e. The first kappa shape index (κ1) is 63.9. The molecule has 368 valence electrons. The van der Waals surface area contributed by atoms with E-state index >= 15 is 0 Å². The molecule has 0 fully saturated rings. The first-order valence-corrected chi connectivity index (χ1v) is 20.5. The molecule has 3 N–H and O–H groups in total. The van der Waals surface area contributed by atoms with Crippen molar-refractivity contribution < 1.29 is 47.7 Å². The predicted molar refractivity (Wildman–Crippen MR) is 264 cm³/mol. The van der Waals surface area contributed by atoms with E-state index in [1.807, 2.05) is 113 Å². The highest BCUT2D eigenvalue weighted by atomic mass is 35.5. The molecule has 0 heterocycles. The fraction of sp³-hybridized carbons (Fsp3) is 0.426. The number of nitrogens with one attached hydrogen (secondary N) is 1. The lowest BCUT2D eigenvalue weighted by molar-refractivity contribution is -0.141. The van der Waals surface area contributed by atoms with Crippen molar-refractivity contribution in [3.63, 3.8) is 0 Å². The first-order chi connectivity index (χ1) is 30.7. The van der Waals surface area contributed by atoms with Crippen LogP contribution in [0.25, 0.3) is 0 Å². The molecule has 2 aromatic carbocycles. The van der Waals surface area contributed by atoms with E-state index in [0.717, 1.165) is 27.6 Å². The van der Waals surface area contributed by atoms with Crippen molar-refractivity contribution >= 4 is 54.0 Å². The van der Waals surface area contributed by atoms with Gasteiger partial charge in [0.1, 0.15) is 45.1 Å². The highest BCUT2D eigenvalue weighted by molar-refractivity contribution is 5.99. The molecule has 0 spiro atoms. The molecule has 0 unspecified atom stereocenters. The zero-order valence-corrected chi connectivity index (χ0v) is 41.1. The Labute approximate surface area is 398 Å². The summed E-state index contributed by atoms with van der Waals surface area (Å²) in [6, 6.07) is 19.4. The van der Waals surface area contributed by atoms with Crippen LogP contribution in [-0.4, -0.2) is 161 Å². The number of carbonyl (C=O) groups is 5. The van der Waals surface area contributed by atoms with Gasteiger partial charge in [0.15, 0.2) is 0 Å². The Hall–Kier alpha value is -6.34. The standard InChI is InChI=1S/C16H23N3O2.C13H15NO2.C10H17NO4.C8H17N3O2.ClH/c1-5-13-21-16(20)19(12-11-18(3)4)17-14(2)15-9-7-6-8-10-15;1-3-9-16-13(15)10-14-11(2)12-7-5-4-6-8-12;1-5-6-14-8(12)7-11-9(13)15-10(2,3)4;1-4-7-13-8(12)11(9)6-5-10(2)3;/h5-10H,1,11-13H2,2-4H3;3-8H,1,9-10H2,2H3;5H,1,6-7H2,2-4H3,(H,11,13);4H,1,5-7,9H2,2-3H3;1H/b17-14+;;;;. The molecule has 0 aromatic heterocycles. The zero-order valence-electron chi connectivity index (χ0n) is 40.2. The lowest BCUT2D eigenvalue weighted by Crippen LogP contribution is -2.42. The third-order valence-electron chi connectivity index (χ3n) is 7.24. The summed E-state index contributed by atoms with van der Waals surface area (Å²) in [6.45, 7) is 25.7. The van der Waals surface area contributed by atoms with E-state index in [-0.39, 0.29) is 57.9 Å². The van der Waals surface area contributed by atoms with Gasteiger partial charge in [0, 0.05) is 18.8 Å². The number of carbonyl (C=O) groups excluding carboxylic acids is 5. The van der Waals surface area contributed by atoms with Crippen LogP contribution in [-0.2, 0) is 33.3 Å². The number of benzene rings is 2. The van der Waals surface area contributed by atoms with Crippen molar-refractivity contribution in [3.8, 4) is 0 Å². The van der Waals surface area contributed by atoms with Crippen LogP contribution in [0.3, 0.4) is 0 Å². The third-order valence-corrected chi connectivity index (χ3v) is 7.24. The lowest BCUT2D eigenvalue weighted by atomic mass is 10.1. The Morgan fingerprint density at radius 3 is 1.52 bits per heavy atom. The highest BCUT2D eigenvalue weighted by Gasteiger charge is 2.17. The van der Waals surface area contributed by atoms with Gasteiger partial charge >= 0.3 is 30.2 Å². The van der Waals surface area contributed by atoms with Crippen LogP contribution in [0, 0.1) is 0 Å². The van der Waals surface area contributed by atoms with Crippen LogP contribution in [0.4, 0.5) is 14.4 Å². The molecule has 0 radical (unpaired) electrons. The molecule has 3 amide bonds. The Bertz CT molecular complexity index is 1790. The van der Waals surface area contributed by atoms with Gasteiger partial charge in [0.2, 0.25) is 0 Å². The molecule has 0 saturated carbocycles. The zero-order chi connectivity index (χ0) is 49.6. The minimum absolute atomic E-state index is 0. The van der Waals surface area contributed by atoms with Crippen LogP contribution in [0.15, 0.2) is 121 Å². The van der Waals surface area contributed by atoms with E-state index < -0.39 is 29.9 Å². The van der Waals surface area contributed by atoms with Gasteiger partial charge in [0.05, 0.1) is 18.8 Å². The number of hydrogen-bond acceptors (Lipinski definition) is 15. The average Bonchev–Trinajstić information content (AvgIpc) is 3.27. The molecular formula is C47H73ClN8O10. The van der Waals surface area contributed by atoms with Gasteiger partial charge in [-0.1, -0.05) is 111 Å². The SMILES string of the molecule is C=CCOC(=O)CN=C(C)c1ccccc1.C=CCOC(=O)CNC(=O)OC(C)(C)C.C=CCOC(=O)N(CCN(C)C)/N=C(\C)c1ccccc1.C=CCOC(=O)N(N)CCN(C)C.Cl. The van der Waals surface area contributed by atoms with Crippen molar-refractivity contribution in [2.75, 3.05) is 93.9 Å². The van der Waals surface area contributed by atoms with Crippen molar-refractivity contribution in [3.05, 3.63) is 122 Å². The molecule has 0 aliphatic heterocycles. The molecule has 2 aromatic rings. The number of hydrazone groups is 1. The number of hydrazine groups is 1. The number of likely N-dealkylation sites (N-methyl/N-ethyl adjacent to an activating group) is 2. The van der Waals surface area contributed by atoms with Crippen molar-refractivity contribution in [2.45, 2.75) is 40.2 Å². The summed E-state index contributed by atoms with van der Waals surface area (Å²) < 4.78 is 24.1. The number of amides is 3. The largest absolute Gasteiger partial charge is 0.460 e. The van der Waals surface area contributed by atoms with Gasteiger partial charge in [0.25, 0.3) is 0 Å². The van der Waals surface area contributed by atoms with Gasteiger partial charge in [-0.05, 0) is 73.9 Å². The smallest absolute Gasteiger partial charge is 0.430 e. The molecule has 0 aliphatic rings. The normalized spacial score (nSPS) is 10.5. The Balaban J connectivity index is -0.000000811. The summed E-state index contributed by atoms with van der Waals surface area (Å²) in [4.78, 5) is 64.3. The summed E-state index contributed by atoms with van der Waals surface area (Å²) >= 11 is 0.